The molecule has 1 atom stereocenters. The number of hydrogen-bond donors (Lipinski definition) is 1. The van der Waals surface area contributed by atoms with Crippen molar-refractivity contribution in [3.63, 3.8) is 0 Å². The van der Waals surface area contributed by atoms with Crippen LogP contribution in [0.25, 0.3) is 11.4 Å². The molecule has 0 spiro atoms. The molecule has 1 N–H and O–H groups in total. The zero-order valence-electron chi connectivity index (χ0n) is 11.5. The molecule has 0 amide bonds. The molecule has 0 bridgehead atoms. The van der Waals surface area contributed by atoms with Crippen molar-refractivity contribution < 1.29 is 4.52 Å². The topological polar surface area (TPSA) is 51.0 Å². The van der Waals surface area contributed by atoms with Gasteiger partial charge >= 0.3 is 0 Å². The van der Waals surface area contributed by atoms with Gasteiger partial charge in [0.05, 0.1) is 5.02 Å². The molecule has 108 valence electrons. The van der Waals surface area contributed by atoms with E-state index in [0.717, 1.165) is 29.4 Å². The molecule has 0 aliphatic rings. The largest absolute Gasteiger partial charge is 0.339 e. The van der Waals surface area contributed by atoms with E-state index >= 15 is 0 Å². The van der Waals surface area contributed by atoms with E-state index in [0.29, 0.717) is 22.8 Å². The highest BCUT2D eigenvalue weighted by atomic mass is 79.9. The zero-order chi connectivity index (χ0) is 14.5. The third-order valence-electron chi connectivity index (χ3n) is 3.05. The van der Waals surface area contributed by atoms with Crippen LogP contribution in [0.2, 0.25) is 5.02 Å². The van der Waals surface area contributed by atoms with Crippen LogP contribution in [0.15, 0.2) is 27.2 Å². The summed E-state index contributed by atoms with van der Waals surface area (Å²) in [6.07, 6.45) is 1.77. The lowest BCUT2D eigenvalue weighted by molar-refractivity contribution is 0.355. The molecular weight excluding hydrogens is 342 g/mol. The van der Waals surface area contributed by atoms with Crippen molar-refractivity contribution >= 4 is 27.5 Å². The smallest absolute Gasteiger partial charge is 0.228 e. The fraction of sp³-hybridized carbons (Fsp3) is 0.429. The first-order chi connectivity index (χ1) is 9.63. The Morgan fingerprint density at radius 1 is 1.40 bits per heavy atom. The number of rotatable bonds is 6. The summed E-state index contributed by atoms with van der Waals surface area (Å²) in [6.45, 7) is 5.16. The van der Waals surface area contributed by atoms with E-state index in [9.17, 15) is 0 Å². The van der Waals surface area contributed by atoms with Crippen LogP contribution in [0.5, 0.6) is 0 Å². The Bertz CT molecular complexity index is 573. The molecule has 20 heavy (non-hydrogen) atoms. The predicted octanol–water partition coefficient (Wildman–Crippen LogP) is 4.08. The fourth-order valence-electron chi connectivity index (χ4n) is 1.95. The normalized spacial score (nSPS) is 12.6. The SMILES string of the molecule is CCNC(CC)Cc1nc(-c2ccc(Cl)c(Br)c2)no1. The number of aromatic nitrogens is 2. The van der Waals surface area contributed by atoms with Gasteiger partial charge in [-0.25, -0.2) is 0 Å². The van der Waals surface area contributed by atoms with Gasteiger partial charge in [0.2, 0.25) is 11.7 Å². The van der Waals surface area contributed by atoms with Crippen LogP contribution in [-0.4, -0.2) is 22.7 Å². The van der Waals surface area contributed by atoms with Gasteiger partial charge in [-0.05, 0) is 47.1 Å². The van der Waals surface area contributed by atoms with Gasteiger partial charge in [-0.3, -0.25) is 0 Å². The summed E-state index contributed by atoms with van der Waals surface area (Å²) in [4.78, 5) is 4.44. The highest BCUT2D eigenvalue weighted by Crippen LogP contribution is 2.27. The third-order valence-corrected chi connectivity index (χ3v) is 4.27. The van der Waals surface area contributed by atoms with Gasteiger partial charge < -0.3 is 9.84 Å². The molecule has 2 rings (SSSR count). The molecule has 2 aromatic rings. The van der Waals surface area contributed by atoms with E-state index < -0.39 is 0 Å². The van der Waals surface area contributed by atoms with Gasteiger partial charge in [0.15, 0.2) is 0 Å². The number of likely N-dealkylation sites (N-methyl/N-ethyl adjacent to an activating group) is 1. The van der Waals surface area contributed by atoms with E-state index in [1.165, 1.54) is 0 Å². The van der Waals surface area contributed by atoms with Crippen molar-refractivity contribution in [3.8, 4) is 11.4 Å². The molecule has 0 saturated carbocycles. The molecule has 6 heteroatoms. The number of halogens is 2. The van der Waals surface area contributed by atoms with Gasteiger partial charge in [-0.1, -0.05) is 30.6 Å². The van der Waals surface area contributed by atoms with E-state index in [2.05, 4.69) is 45.2 Å². The maximum Gasteiger partial charge on any atom is 0.228 e. The van der Waals surface area contributed by atoms with E-state index in [1.807, 2.05) is 18.2 Å². The molecule has 4 nitrogen and oxygen atoms in total. The van der Waals surface area contributed by atoms with Gasteiger partial charge in [-0.15, -0.1) is 0 Å². The highest BCUT2D eigenvalue weighted by Gasteiger charge is 2.14. The first-order valence-electron chi connectivity index (χ1n) is 6.65. The molecule has 1 heterocycles. The van der Waals surface area contributed by atoms with Gasteiger partial charge in [0.25, 0.3) is 0 Å². The van der Waals surface area contributed by atoms with Crippen LogP contribution in [-0.2, 0) is 6.42 Å². The summed E-state index contributed by atoms with van der Waals surface area (Å²) in [5.41, 5.74) is 0.882. The lowest BCUT2D eigenvalue weighted by Crippen LogP contribution is -2.30. The Balaban J connectivity index is 2.13. The minimum absolute atomic E-state index is 0.366. The van der Waals surface area contributed by atoms with E-state index in [4.69, 9.17) is 16.1 Å². The van der Waals surface area contributed by atoms with Gasteiger partial charge in [0.1, 0.15) is 0 Å². The Labute approximate surface area is 132 Å². The number of nitrogens with zero attached hydrogens (tertiary/aromatic N) is 2. The lowest BCUT2D eigenvalue weighted by Gasteiger charge is -2.12. The van der Waals surface area contributed by atoms with Crippen LogP contribution in [0.4, 0.5) is 0 Å². The molecule has 0 aliphatic heterocycles. The summed E-state index contributed by atoms with van der Waals surface area (Å²) in [5, 5.41) is 8.08. The van der Waals surface area contributed by atoms with Crippen LogP contribution in [0, 0.1) is 0 Å². The fourth-order valence-corrected chi connectivity index (χ4v) is 2.45. The minimum atomic E-state index is 0.366. The second kappa shape index (κ2) is 7.20. The third kappa shape index (κ3) is 3.81. The van der Waals surface area contributed by atoms with Crippen molar-refractivity contribution in [3.05, 3.63) is 33.6 Å². The number of benzene rings is 1. The molecule has 0 aliphatic carbocycles. The summed E-state index contributed by atoms with van der Waals surface area (Å²) in [7, 11) is 0. The van der Waals surface area contributed by atoms with Crippen LogP contribution in [0.3, 0.4) is 0 Å². The summed E-state index contributed by atoms with van der Waals surface area (Å²) >= 11 is 9.37. The monoisotopic (exact) mass is 357 g/mol. The van der Waals surface area contributed by atoms with Crippen LogP contribution in [0.1, 0.15) is 26.2 Å². The lowest BCUT2D eigenvalue weighted by atomic mass is 10.1. The highest BCUT2D eigenvalue weighted by molar-refractivity contribution is 9.10. The number of nitrogens with one attached hydrogen (secondary N) is 1. The van der Waals surface area contributed by atoms with Crippen molar-refractivity contribution in [2.45, 2.75) is 32.7 Å². The molecule has 1 unspecified atom stereocenters. The standard InChI is InChI=1S/C14H17BrClN3O/c1-3-10(17-4-2)8-13-18-14(19-20-13)9-5-6-12(16)11(15)7-9/h5-7,10,17H,3-4,8H2,1-2H3. The van der Waals surface area contributed by atoms with Crippen molar-refractivity contribution in [1.29, 1.82) is 0 Å². The zero-order valence-corrected chi connectivity index (χ0v) is 13.8. The summed E-state index contributed by atoms with van der Waals surface area (Å²) in [5.74, 6) is 1.24. The Morgan fingerprint density at radius 3 is 2.85 bits per heavy atom. The Hall–Kier alpha value is -0.910. The molecular formula is C14H17BrClN3O. The first-order valence-corrected chi connectivity index (χ1v) is 7.82. The van der Waals surface area contributed by atoms with Crippen molar-refractivity contribution in [2.75, 3.05) is 6.54 Å². The maximum absolute atomic E-state index is 5.98. The number of hydrogen-bond acceptors (Lipinski definition) is 4. The van der Waals surface area contributed by atoms with Crippen LogP contribution >= 0.6 is 27.5 Å². The summed E-state index contributed by atoms with van der Waals surface area (Å²) < 4.78 is 6.14. The van der Waals surface area contributed by atoms with E-state index in [-0.39, 0.29) is 0 Å². The second-order valence-electron chi connectivity index (χ2n) is 4.51. The molecule has 0 fully saturated rings. The Kier molecular flexibility index (Phi) is 5.57. The van der Waals surface area contributed by atoms with Gasteiger partial charge in [0, 0.05) is 22.5 Å². The first kappa shape index (κ1) is 15.5. The second-order valence-corrected chi connectivity index (χ2v) is 5.77. The predicted molar refractivity (Wildman–Crippen MR) is 83.9 cm³/mol. The molecule has 0 saturated heterocycles. The Morgan fingerprint density at radius 2 is 2.20 bits per heavy atom. The maximum atomic E-state index is 5.98. The molecule has 0 radical (unpaired) electrons. The van der Waals surface area contributed by atoms with E-state index in [1.54, 1.807) is 0 Å². The van der Waals surface area contributed by atoms with Crippen LogP contribution < -0.4 is 5.32 Å². The minimum Gasteiger partial charge on any atom is -0.339 e. The van der Waals surface area contributed by atoms with Crippen molar-refractivity contribution in [2.24, 2.45) is 0 Å². The molecule has 1 aromatic carbocycles. The van der Waals surface area contributed by atoms with Gasteiger partial charge in [-0.2, -0.15) is 4.98 Å². The summed E-state index contributed by atoms with van der Waals surface area (Å²) in [6, 6.07) is 5.94. The van der Waals surface area contributed by atoms with Crippen molar-refractivity contribution in [1.82, 2.24) is 15.5 Å². The average molecular weight is 359 g/mol. The molecule has 1 aromatic heterocycles. The quantitative estimate of drug-likeness (QED) is 0.845. The average Bonchev–Trinajstić information content (AvgIpc) is 2.90.